The Labute approximate surface area is 86.9 Å². The van der Waals surface area contributed by atoms with E-state index < -0.39 is 4.92 Å². The highest BCUT2D eigenvalue weighted by Crippen LogP contribution is 2.24. The first-order valence-corrected chi connectivity index (χ1v) is 4.62. The molecule has 7 heteroatoms. The topological polar surface area (TPSA) is 96.2 Å². The van der Waals surface area contributed by atoms with E-state index in [9.17, 15) is 10.1 Å². The summed E-state index contributed by atoms with van der Waals surface area (Å²) < 4.78 is 1.44. The second-order valence-electron chi connectivity index (χ2n) is 3.18. The Kier molecular flexibility index (Phi) is 3.75. The molecule has 15 heavy (non-hydrogen) atoms. The lowest BCUT2D eigenvalue weighted by Gasteiger charge is -1.98. The number of nitro groups is 1. The van der Waals surface area contributed by atoms with Crippen LogP contribution in [0.3, 0.4) is 0 Å². The van der Waals surface area contributed by atoms with Gasteiger partial charge < -0.3 is 0 Å². The molecule has 0 saturated carbocycles. The maximum atomic E-state index is 10.9. The highest BCUT2D eigenvalue weighted by Gasteiger charge is 2.25. The average Bonchev–Trinajstić information content (AvgIpc) is 2.44. The Bertz CT molecular complexity index is 361. The van der Waals surface area contributed by atoms with E-state index in [1.165, 1.54) is 4.68 Å². The van der Waals surface area contributed by atoms with Crippen molar-refractivity contribution in [1.29, 1.82) is 0 Å². The van der Waals surface area contributed by atoms with Gasteiger partial charge in [0.25, 0.3) is 0 Å². The predicted octanol–water partition coefficient (Wildman–Crippen LogP) is 0.671. The molecule has 0 unspecified atom stereocenters. The monoisotopic (exact) mass is 214 g/mol. The molecule has 84 valence electrons. The quantitative estimate of drug-likeness (QED) is 0.574. The summed E-state index contributed by atoms with van der Waals surface area (Å²) in [7, 11) is 1.64. The smallest absolute Gasteiger partial charge is 0.298 e. The van der Waals surface area contributed by atoms with Gasteiger partial charge in [-0.25, -0.2) is 5.90 Å². The summed E-state index contributed by atoms with van der Waals surface area (Å²) in [6.45, 7) is 1.93. The molecule has 1 heterocycles. The minimum absolute atomic E-state index is 0.0104. The number of rotatable bonds is 5. The van der Waals surface area contributed by atoms with Crippen LogP contribution in [0, 0.1) is 10.1 Å². The number of aryl methyl sites for hydroxylation is 2. The van der Waals surface area contributed by atoms with E-state index in [2.05, 4.69) is 9.94 Å². The molecule has 0 spiro atoms. The average molecular weight is 214 g/mol. The van der Waals surface area contributed by atoms with Crippen molar-refractivity contribution >= 4 is 5.69 Å². The normalized spacial score (nSPS) is 10.6. The molecule has 0 radical (unpaired) electrons. The Balaban J connectivity index is 3.18. The Morgan fingerprint density at radius 2 is 2.33 bits per heavy atom. The summed E-state index contributed by atoms with van der Waals surface area (Å²) in [5, 5.41) is 14.9. The zero-order valence-electron chi connectivity index (χ0n) is 8.77. The van der Waals surface area contributed by atoms with Crippen LogP contribution in [0.15, 0.2) is 0 Å². The first-order chi connectivity index (χ1) is 7.11. The van der Waals surface area contributed by atoms with Gasteiger partial charge in [0.2, 0.25) is 0 Å². The van der Waals surface area contributed by atoms with E-state index in [0.29, 0.717) is 17.8 Å². The standard InChI is InChI=1S/C8H14N4O3/c1-3-4-6-8(12(13)14)7(5-15-9)11(2)10-6/h3-5,9H2,1-2H3. The molecule has 7 nitrogen and oxygen atoms in total. The van der Waals surface area contributed by atoms with Crippen LogP contribution in [0.5, 0.6) is 0 Å². The van der Waals surface area contributed by atoms with Crippen LogP contribution in [0.1, 0.15) is 24.7 Å². The maximum Gasteiger partial charge on any atom is 0.315 e. The molecule has 0 atom stereocenters. The fraction of sp³-hybridized carbons (Fsp3) is 0.625. The minimum Gasteiger partial charge on any atom is -0.298 e. The van der Waals surface area contributed by atoms with E-state index in [0.717, 1.165) is 6.42 Å². The molecule has 1 aromatic rings. The Morgan fingerprint density at radius 1 is 1.67 bits per heavy atom. The Hall–Kier alpha value is -1.47. The van der Waals surface area contributed by atoms with Crippen molar-refractivity contribution in [2.75, 3.05) is 0 Å². The molecule has 0 fully saturated rings. The van der Waals surface area contributed by atoms with Crippen molar-refractivity contribution in [2.24, 2.45) is 12.9 Å². The Morgan fingerprint density at radius 3 is 2.80 bits per heavy atom. The lowest BCUT2D eigenvalue weighted by atomic mass is 10.2. The van der Waals surface area contributed by atoms with Crippen molar-refractivity contribution in [1.82, 2.24) is 9.78 Å². The number of hydrogen-bond acceptors (Lipinski definition) is 5. The van der Waals surface area contributed by atoms with Crippen LogP contribution in [-0.4, -0.2) is 14.7 Å². The SMILES string of the molecule is CCCc1nn(C)c(CON)c1[N+](=O)[O-]. The molecule has 0 aromatic carbocycles. The third-order valence-corrected chi connectivity index (χ3v) is 2.10. The van der Waals surface area contributed by atoms with Gasteiger partial charge >= 0.3 is 5.69 Å². The number of nitrogens with zero attached hydrogens (tertiary/aromatic N) is 3. The van der Waals surface area contributed by atoms with Crippen molar-refractivity contribution in [3.05, 3.63) is 21.5 Å². The first-order valence-electron chi connectivity index (χ1n) is 4.62. The fourth-order valence-corrected chi connectivity index (χ4v) is 1.47. The molecule has 0 amide bonds. The van der Waals surface area contributed by atoms with Gasteiger partial charge in [-0.15, -0.1) is 0 Å². The highest BCUT2D eigenvalue weighted by atomic mass is 16.6. The molecule has 1 aromatic heterocycles. The van der Waals surface area contributed by atoms with Crippen LogP contribution in [-0.2, 0) is 24.9 Å². The van der Waals surface area contributed by atoms with Gasteiger partial charge in [0.05, 0.1) is 4.92 Å². The van der Waals surface area contributed by atoms with Crippen molar-refractivity contribution in [2.45, 2.75) is 26.4 Å². The summed E-state index contributed by atoms with van der Waals surface area (Å²) in [6, 6.07) is 0. The van der Waals surface area contributed by atoms with Gasteiger partial charge in [0, 0.05) is 7.05 Å². The van der Waals surface area contributed by atoms with E-state index >= 15 is 0 Å². The molecule has 0 aliphatic rings. The number of aromatic nitrogens is 2. The van der Waals surface area contributed by atoms with Gasteiger partial charge in [0.1, 0.15) is 18.0 Å². The number of hydrogen-bond donors (Lipinski definition) is 1. The van der Waals surface area contributed by atoms with Crippen LogP contribution >= 0.6 is 0 Å². The van der Waals surface area contributed by atoms with E-state index in [1.807, 2.05) is 6.92 Å². The maximum absolute atomic E-state index is 10.9. The van der Waals surface area contributed by atoms with Gasteiger partial charge in [-0.05, 0) is 6.42 Å². The van der Waals surface area contributed by atoms with E-state index in [4.69, 9.17) is 5.90 Å². The number of nitrogens with two attached hydrogens (primary N) is 1. The van der Waals surface area contributed by atoms with Gasteiger partial charge in [-0.2, -0.15) is 5.10 Å². The van der Waals surface area contributed by atoms with E-state index in [1.54, 1.807) is 7.05 Å². The van der Waals surface area contributed by atoms with Crippen LogP contribution in [0.4, 0.5) is 5.69 Å². The molecule has 1 rings (SSSR count). The molecule has 0 bridgehead atoms. The summed E-state index contributed by atoms with van der Waals surface area (Å²) in [4.78, 5) is 14.8. The predicted molar refractivity (Wildman–Crippen MR) is 52.8 cm³/mol. The van der Waals surface area contributed by atoms with Crippen LogP contribution < -0.4 is 5.90 Å². The van der Waals surface area contributed by atoms with Gasteiger partial charge in [0.15, 0.2) is 0 Å². The first kappa shape index (κ1) is 11.6. The van der Waals surface area contributed by atoms with E-state index in [-0.39, 0.29) is 12.3 Å². The largest absolute Gasteiger partial charge is 0.315 e. The molecular weight excluding hydrogens is 200 g/mol. The molecule has 0 saturated heterocycles. The lowest BCUT2D eigenvalue weighted by Crippen LogP contribution is -2.06. The third-order valence-electron chi connectivity index (χ3n) is 2.10. The van der Waals surface area contributed by atoms with Gasteiger partial charge in [-0.1, -0.05) is 13.3 Å². The van der Waals surface area contributed by atoms with Crippen molar-refractivity contribution in [3.8, 4) is 0 Å². The molecule has 0 aliphatic carbocycles. The summed E-state index contributed by atoms with van der Waals surface area (Å²) in [6.07, 6.45) is 1.38. The fourth-order valence-electron chi connectivity index (χ4n) is 1.47. The second-order valence-corrected chi connectivity index (χ2v) is 3.18. The minimum atomic E-state index is -0.438. The van der Waals surface area contributed by atoms with Gasteiger partial charge in [-0.3, -0.25) is 19.6 Å². The third kappa shape index (κ3) is 2.31. The zero-order valence-corrected chi connectivity index (χ0v) is 8.77. The zero-order chi connectivity index (χ0) is 11.4. The summed E-state index contributed by atoms with van der Waals surface area (Å²) in [5.74, 6) is 4.92. The van der Waals surface area contributed by atoms with Crippen LogP contribution in [0.2, 0.25) is 0 Å². The molecular formula is C8H14N4O3. The highest BCUT2D eigenvalue weighted by molar-refractivity contribution is 5.41. The van der Waals surface area contributed by atoms with Crippen molar-refractivity contribution in [3.63, 3.8) is 0 Å². The summed E-state index contributed by atoms with van der Waals surface area (Å²) >= 11 is 0. The molecule has 0 aliphatic heterocycles. The summed E-state index contributed by atoms with van der Waals surface area (Å²) in [5.41, 5.74) is 0.896. The van der Waals surface area contributed by atoms with Crippen LogP contribution in [0.25, 0.3) is 0 Å². The lowest BCUT2D eigenvalue weighted by molar-refractivity contribution is -0.386. The molecule has 2 N–H and O–H groups in total. The van der Waals surface area contributed by atoms with Crippen molar-refractivity contribution < 1.29 is 9.76 Å². The second kappa shape index (κ2) is 4.85.